The van der Waals surface area contributed by atoms with E-state index in [1.807, 2.05) is 0 Å². The van der Waals surface area contributed by atoms with Crippen molar-refractivity contribution in [3.63, 3.8) is 0 Å². The van der Waals surface area contributed by atoms with E-state index in [9.17, 15) is 19.8 Å². The fraction of sp³-hybridized carbons (Fsp3) is 0.806. The highest BCUT2D eigenvalue weighted by atomic mass is 16.5. The topological polar surface area (TPSA) is 95.9 Å². The van der Waals surface area contributed by atoms with E-state index in [2.05, 4.69) is 86.8 Å². The van der Waals surface area contributed by atoms with Gasteiger partial charge >= 0.3 is 5.97 Å². The Bertz CT molecular complexity index is 1210. The first-order valence-electron chi connectivity index (χ1n) is 29.5. The third-order valence-electron chi connectivity index (χ3n) is 13.4. The van der Waals surface area contributed by atoms with Gasteiger partial charge in [0.2, 0.25) is 5.91 Å². The van der Waals surface area contributed by atoms with E-state index in [-0.39, 0.29) is 24.9 Å². The van der Waals surface area contributed by atoms with Crippen molar-refractivity contribution in [3.05, 3.63) is 60.8 Å². The Labute approximate surface area is 422 Å². The maximum absolute atomic E-state index is 13.3. The zero-order valence-electron chi connectivity index (χ0n) is 45.2. The van der Waals surface area contributed by atoms with E-state index in [0.29, 0.717) is 19.3 Å². The van der Waals surface area contributed by atoms with Gasteiger partial charge in [-0.2, -0.15) is 0 Å². The molecule has 0 spiro atoms. The van der Waals surface area contributed by atoms with E-state index in [0.717, 1.165) is 89.9 Å². The van der Waals surface area contributed by atoms with Crippen LogP contribution < -0.4 is 5.32 Å². The Hall–Kier alpha value is -2.44. The minimum Gasteiger partial charge on any atom is -0.462 e. The summed E-state index contributed by atoms with van der Waals surface area (Å²) in [5.41, 5.74) is 0. The summed E-state index contributed by atoms with van der Waals surface area (Å²) in [5.74, 6) is -0.502. The van der Waals surface area contributed by atoms with Crippen LogP contribution in [0.5, 0.6) is 0 Å². The monoisotopic (exact) mass is 952 g/mol. The first-order valence-corrected chi connectivity index (χ1v) is 29.5. The van der Waals surface area contributed by atoms with Gasteiger partial charge in [-0.25, -0.2) is 0 Å². The molecule has 0 saturated heterocycles. The first kappa shape index (κ1) is 65.6. The molecule has 0 saturated carbocycles. The van der Waals surface area contributed by atoms with Gasteiger partial charge in [0.1, 0.15) is 6.10 Å². The highest BCUT2D eigenvalue weighted by molar-refractivity contribution is 5.77. The number of hydrogen-bond acceptors (Lipinski definition) is 5. The summed E-state index contributed by atoms with van der Waals surface area (Å²) in [4.78, 5) is 26.3. The van der Waals surface area contributed by atoms with Crippen molar-refractivity contribution in [3.8, 4) is 0 Å². The Kier molecular flexibility index (Phi) is 53.5. The molecule has 3 atom stereocenters. The molecule has 0 aliphatic heterocycles. The summed E-state index contributed by atoms with van der Waals surface area (Å²) in [6.45, 7) is 6.46. The number of carbonyl (C=O) groups is 2. The van der Waals surface area contributed by atoms with Crippen molar-refractivity contribution < 1.29 is 24.5 Å². The summed E-state index contributed by atoms with van der Waals surface area (Å²) in [5, 5.41) is 23.9. The molecule has 0 aromatic heterocycles. The maximum atomic E-state index is 13.3. The minimum absolute atomic E-state index is 0.0595. The number of nitrogens with one attached hydrogen (secondary N) is 1. The maximum Gasteiger partial charge on any atom is 0.306 e. The van der Waals surface area contributed by atoms with Crippen molar-refractivity contribution >= 4 is 11.9 Å². The Morgan fingerprint density at radius 1 is 0.441 bits per heavy atom. The van der Waals surface area contributed by atoms with Crippen LogP contribution in [0, 0.1) is 0 Å². The molecule has 0 aliphatic rings. The molecule has 3 N–H and O–H groups in total. The highest BCUT2D eigenvalue weighted by Crippen LogP contribution is 2.18. The number of ether oxygens (including phenoxy) is 1. The van der Waals surface area contributed by atoms with Gasteiger partial charge in [0.25, 0.3) is 0 Å². The Balaban J connectivity index is 4.60. The second kappa shape index (κ2) is 55.5. The van der Waals surface area contributed by atoms with Gasteiger partial charge in [0.15, 0.2) is 0 Å². The highest BCUT2D eigenvalue weighted by Gasteiger charge is 2.24. The number of unbranched alkanes of at least 4 members (excludes halogenated alkanes) is 33. The average Bonchev–Trinajstić information content (AvgIpc) is 3.33. The van der Waals surface area contributed by atoms with Gasteiger partial charge in [0, 0.05) is 6.42 Å². The Morgan fingerprint density at radius 3 is 1.26 bits per heavy atom. The lowest BCUT2D eigenvalue weighted by atomic mass is 10.0. The lowest BCUT2D eigenvalue weighted by Gasteiger charge is -2.24. The van der Waals surface area contributed by atoms with Crippen LogP contribution in [-0.2, 0) is 14.3 Å². The molecule has 0 heterocycles. The van der Waals surface area contributed by atoms with Crippen LogP contribution in [0.3, 0.4) is 0 Å². The molecule has 0 aliphatic carbocycles. The van der Waals surface area contributed by atoms with Gasteiger partial charge < -0.3 is 20.3 Å². The number of aliphatic hydroxyl groups is 2. The molecular weight excluding hydrogens is 839 g/mol. The van der Waals surface area contributed by atoms with Crippen LogP contribution in [0.15, 0.2) is 60.8 Å². The quantitative estimate of drug-likeness (QED) is 0.0244. The molecule has 1 amide bonds. The third-order valence-corrected chi connectivity index (χ3v) is 13.4. The largest absolute Gasteiger partial charge is 0.462 e. The molecule has 0 radical (unpaired) electrons. The second-order valence-corrected chi connectivity index (χ2v) is 20.1. The molecule has 0 aromatic rings. The molecule has 0 aromatic carbocycles. The smallest absolute Gasteiger partial charge is 0.306 e. The van der Waals surface area contributed by atoms with Crippen molar-refractivity contribution in [2.75, 3.05) is 6.61 Å². The van der Waals surface area contributed by atoms with Crippen LogP contribution in [0.25, 0.3) is 0 Å². The van der Waals surface area contributed by atoms with Gasteiger partial charge in [0.05, 0.1) is 25.2 Å². The molecule has 68 heavy (non-hydrogen) atoms. The fourth-order valence-corrected chi connectivity index (χ4v) is 8.88. The number of allylic oxidation sites excluding steroid dienone is 10. The summed E-state index contributed by atoms with van der Waals surface area (Å²) < 4.78 is 5.95. The van der Waals surface area contributed by atoms with Crippen LogP contribution in [0.1, 0.15) is 297 Å². The summed E-state index contributed by atoms with van der Waals surface area (Å²) in [6, 6.07) is -0.713. The van der Waals surface area contributed by atoms with Gasteiger partial charge in [-0.15, -0.1) is 0 Å². The van der Waals surface area contributed by atoms with Crippen LogP contribution in [0.2, 0.25) is 0 Å². The van der Waals surface area contributed by atoms with Crippen molar-refractivity contribution in [2.24, 2.45) is 0 Å². The van der Waals surface area contributed by atoms with E-state index in [1.165, 1.54) is 161 Å². The lowest BCUT2D eigenvalue weighted by Crippen LogP contribution is -2.46. The average molecular weight is 953 g/mol. The second-order valence-electron chi connectivity index (χ2n) is 20.1. The molecule has 396 valence electrons. The Morgan fingerprint density at radius 2 is 0.809 bits per heavy atom. The molecule has 6 nitrogen and oxygen atoms in total. The molecule has 0 fully saturated rings. The van der Waals surface area contributed by atoms with E-state index >= 15 is 0 Å². The standard InChI is InChI=1S/C62H113NO5/c1-4-7-10-13-16-19-22-25-28-30-31-34-37-40-43-46-49-52-55-62(67)68-58(53-50-47-44-41-38-35-32-27-24-21-18-15-12-9-6-3)56-61(66)63-59(57-64)60(65)54-51-48-45-42-39-36-33-29-26-23-20-17-14-11-8-5-2/h18,21-22,25,27-28,30-32,34,58-60,64-65H,4-17,19-20,23-24,26,29,33,35-57H2,1-3H3,(H,63,66)/b21-18-,25-22+,30-28+,32-27-,34-31+. The predicted molar refractivity (Wildman–Crippen MR) is 296 cm³/mol. The van der Waals surface area contributed by atoms with Crippen LogP contribution in [-0.4, -0.2) is 46.9 Å². The van der Waals surface area contributed by atoms with Crippen LogP contribution >= 0.6 is 0 Å². The molecule has 3 unspecified atom stereocenters. The number of esters is 1. The SMILES string of the molecule is CCCCC/C=C\C/C=C\CCCCCCCC(CC(=O)NC(CO)C(O)CCCCCCCCCCCCCCCCCC)OC(=O)CCCCCCC/C=C/C=C/C=C/CCCCCCC. The van der Waals surface area contributed by atoms with Gasteiger partial charge in [-0.05, 0) is 83.5 Å². The normalized spacial score (nSPS) is 13.5. The lowest BCUT2D eigenvalue weighted by molar-refractivity contribution is -0.151. The van der Waals surface area contributed by atoms with Crippen molar-refractivity contribution in [1.82, 2.24) is 5.32 Å². The minimum atomic E-state index is -0.798. The third kappa shape index (κ3) is 50.0. The molecule has 0 bridgehead atoms. The number of amides is 1. The van der Waals surface area contributed by atoms with E-state index in [1.54, 1.807) is 0 Å². The number of carbonyl (C=O) groups excluding carboxylic acids is 2. The molecule has 0 rings (SSSR count). The predicted octanol–water partition coefficient (Wildman–Crippen LogP) is 18.4. The number of hydrogen-bond donors (Lipinski definition) is 3. The first-order chi connectivity index (χ1) is 33.5. The summed E-state index contributed by atoms with van der Waals surface area (Å²) in [7, 11) is 0. The van der Waals surface area contributed by atoms with Gasteiger partial charge in [-0.1, -0.05) is 261 Å². The number of aliphatic hydroxyl groups excluding tert-OH is 2. The fourth-order valence-electron chi connectivity index (χ4n) is 8.88. The van der Waals surface area contributed by atoms with E-state index < -0.39 is 18.2 Å². The van der Waals surface area contributed by atoms with E-state index in [4.69, 9.17) is 4.74 Å². The summed E-state index contributed by atoms with van der Waals surface area (Å²) in [6.07, 6.45) is 69.9. The van der Waals surface area contributed by atoms with Crippen molar-refractivity contribution in [1.29, 1.82) is 0 Å². The zero-order chi connectivity index (χ0) is 49.5. The summed E-state index contributed by atoms with van der Waals surface area (Å²) >= 11 is 0. The van der Waals surface area contributed by atoms with Crippen LogP contribution in [0.4, 0.5) is 0 Å². The zero-order valence-corrected chi connectivity index (χ0v) is 45.2. The van der Waals surface area contributed by atoms with Crippen molar-refractivity contribution in [2.45, 2.75) is 315 Å². The van der Waals surface area contributed by atoms with Gasteiger partial charge in [-0.3, -0.25) is 9.59 Å². The molecular formula is C62H113NO5. The number of rotatable bonds is 53. The molecule has 6 heteroatoms.